The number of nitrogens with zero attached hydrogens (tertiary/aromatic N) is 3. The van der Waals surface area contributed by atoms with Gasteiger partial charge < -0.3 is 14.4 Å². The van der Waals surface area contributed by atoms with Crippen molar-refractivity contribution in [2.24, 2.45) is 0 Å². The molecule has 0 N–H and O–H groups in total. The third-order valence-corrected chi connectivity index (χ3v) is 15.1. The van der Waals surface area contributed by atoms with Gasteiger partial charge in [-0.15, -0.1) is 0 Å². The topological polar surface area (TPSA) is 11.4 Å². The summed E-state index contributed by atoms with van der Waals surface area (Å²) in [5, 5.41) is 2.80. The number of benzene rings is 6. The van der Waals surface area contributed by atoms with Crippen molar-refractivity contribution in [2.45, 2.75) is 81.6 Å². The van der Waals surface area contributed by atoms with Crippen LogP contribution in [0.5, 0.6) is 0 Å². The van der Waals surface area contributed by atoms with E-state index in [-0.39, 0.29) is 23.1 Å². The number of rotatable bonds is 3. The van der Waals surface area contributed by atoms with Gasteiger partial charge in [0.2, 0.25) is 6.71 Å². The van der Waals surface area contributed by atoms with Gasteiger partial charge >= 0.3 is 0 Å². The minimum Gasteiger partial charge on any atom is -0.359 e. The molecule has 3 aliphatic heterocycles. The van der Waals surface area contributed by atoms with E-state index in [1.807, 2.05) is 0 Å². The highest BCUT2D eigenvalue weighted by molar-refractivity contribution is 6.91. The number of para-hydroxylation sites is 3. The number of fused-ring (bicyclic) bond motifs is 14. The van der Waals surface area contributed by atoms with Crippen LogP contribution in [0.4, 0.5) is 22.7 Å². The third kappa shape index (κ3) is 3.50. The van der Waals surface area contributed by atoms with Crippen molar-refractivity contribution < 1.29 is 0 Å². The first-order chi connectivity index (χ1) is 25.8. The lowest BCUT2D eigenvalue weighted by atomic mass is 9.27. The number of hydrogen-bond acceptors (Lipinski definition) is 2. The zero-order chi connectivity index (χ0) is 35.4. The lowest BCUT2D eigenvalue weighted by Crippen LogP contribution is -2.65. The van der Waals surface area contributed by atoms with Gasteiger partial charge in [-0.1, -0.05) is 119 Å². The van der Waals surface area contributed by atoms with Crippen LogP contribution >= 0.6 is 0 Å². The smallest absolute Gasteiger partial charge is 0.223 e. The van der Waals surface area contributed by atoms with Gasteiger partial charge in [-0.2, -0.15) is 0 Å². The third-order valence-electron chi connectivity index (χ3n) is 15.1. The Labute approximate surface area is 312 Å². The standard InChI is InChI=1S/C49H44BN3/c1-47(2)37-23-13-11-22-35(37)44-46(47)50-39-26-25-33(51(31-17-7-5-8-18-31)32-19-9-6-10-20-32)29-41(39)52-40-24-14-12-21-34(40)36-30-38-45(42(50)43(36)52)53(44)49(4)28-16-15-27-48(38,49)3/h5-14,17-26,29-30,44,46H,15-16,27-28H2,1-4H3. The van der Waals surface area contributed by atoms with Crippen molar-refractivity contribution in [1.29, 1.82) is 0 Å². The molecule has 0 radical (unpaired) electrons. The Balaban J connectivity index is 1.23. The molecule has 4 unspecified atom stereocenters. The summed E-state index contributed by atoms with van der Waals surface area (Å²) in [6.07, 6.45) is 5.10. The number of hydrogen-bond donors (Lipinski definition) is 0. The Bertz CT molecular complexity index is 2640. The van der Waals surface area contributed by atoms with E-state index < -0.39 is 0 Å². The van der Waals surface area contributed by atoms with E-state index in [1.165, 1.54) is 81.3 Å². The van der Waals surface area contributed by atoms with Crippen LogP contribution in [0, 0.1) is 0 Å². The van der Waals surface area contributed by atoms with Crippen molar-refractivity contribution in [3.8, 4) is 5.69 Å². The molecule has 1 saturated carbocycles. The molecule has 0 bridgehead atoms. The first kappa shape index (κ1) is 30.3. The van der Waals surface area contributed by atoms with E-state index in [0.29, 0.717) is 11.9 Å². The normalized spacial score (nSPS) is 25.3. The van der Waals surface area contributed by atoms with E-state index in [9.17, 15) is 0 Å². The predicted octanol–water partition coefficient (Wildman–Crippen LogP) is 11.0. The Morgan fingerprint density at radius 3 is 2.09 bits per heavy atom. The van der Waals surface area contributed by atoms with Gasteiger partial charge in [0.05, 0.1) is 17.1 Å². The van der Waals surface area contributed by atoms with E-state index >= 15 is 0 Å². The largest absolute Gasteiger partial charge is 0.359 e. The number of anilines is 4. The van der Waals surface area contributed by atoms with Gasteiger partial charge in [-0.05, 0) is 107 Å². The second-order valence-electron chi connectivity index (χ2n) is 17.6. The molecular formula is C49H44BN3. The molecule has 4 heterocycles. The van der Waals surface area contributed by atoms with Gasteiger partial charge in [0, 0.05) is 50.2 Å². The molecule has 258 valence electrons. The van der Waals surface area contributed by atoms with Gasteiger partial charge in [-0.25, -0.2) is 0 Å². The fourth-order valence-corrected chi connectivity index (χ4v) is 12.6. The van der Waals surface area contributed by atoms with Crippen molar-refractivity contribution in [3.63, 3.8) is 0 Å². The second kappa shape index (κ2) is 10.1. The van der Waals surface area contributed by atoms with Crippen LogP contribution in [-0.4, -0.2) is 16.8 Å². The Hall–Kier alpha value is -5.22. The first-order valence-corrected chi connectivity index (χ1v) is 19.9. The van der Waals surface area contributed by atoms with Crippen molar-refractivity contribution in [1.82, 2.24) is 4.57 Å². The summed E-state index contributed by atoms with van der Waals surface area (Å²) in [4.78, 5) is 5.47. The molecule has 1 aromatic heterocycles. The molecule has 4 heteroatoms. The fourth-order valence-electron chi connectivity index (χ4n) is 12.6. The van der Waals surface area contributed by atoms with Crippen LogP contribution in [0.15, 0.2) is 133 Å². The Morgan fingerprint density at radius 1 is 0.642 bits per heavy atom. The fraction of sp³-hybridized carbons (Fsp3) is 0.265. The van der Waals surface area contributed by atoms with Crippen LogP contribution in [-0.2, 0) is 10.8 Å². The van der Waals surface area contributed by atoms with Crippen LogP contribution in [0.25, 0.3) is 27.5 Å². The molecule has 7 aromatic rings. The maximum atomic E-state index is 3.04. The maximum Gasteiger partial charge on any atom is 0.223 e. The van der Waals surface area contributed by atoms with E-state index in [1.54, 1.807) is 22.3 Å². The SMILES string of the molecule is CC1(C)c2ccccc2C2C1B1c3ccc(N(c4ccccc4)c4ccccc4)cc3-n3c4ccccc4c4cc5c(c1c43)N2C1(C)CCCCC51C. The summed E-state index contributed by atoms with van der Waals surface area (Å²) >= 11 is 0. The highest BCUT2D eigenvalue weighted by atomic mass is 15.3. The summed E-state index contributed by atoms with van der Waals surface area (Å²) in [5.41, 5.74) is 17.1. The lowest BCUT2D eigenvalue weighted by molar-refractivity contribution is 0.170. The molecule has 53 heavy (non-hydrogen) atoms. The molecule has 4 atom stereocenters. The monoisotopic (exact) mass is 685 g/mol. The van der Waals surface area contributed by atoms with E-state index in [2.05, 4.69) is 176 Å². The quantitative estimate of drug-likeness (QED) is 0.172. The van der Waals surface area contributed by atoms with Crippen molar-refractivity contribution in [3.05, 3.63) is 150 Å². The molecule has 6 aromatic carbocycles. The van der Waals surface area contributed by atoms with Crippen LogP contribution in [0.3, 0.4) is 0 Å². The predicted molar refractivity (Wildman–Crippen MR) is 223 cm³/mol. The molecular weight excluding hydrogens is 641 g/mol. The van der Waals surface area contributed by atoms with Crippen LogP contribution < -0.4 is 20.7 Å². The molecule has 3 nitrogen and oxygen atoms in total. The minimum absolute atomic E-state index is 0.0137. The lowest BCUT2D eigenvalue weighted by Gasteiger charge is -2.56. The average Bonchev–Trinajstić information content (AvgIpc) is 3.73. The second-order valence-corrected chi connectivity index (χ2v) is 17.6. The summed E-state index contributed by atoms with van der Waals surface area (Å²) in [7, 11) is 0. The average molecular weight is 686 g/mol. The molecule has 12 rings (SSSR count). The highest BCUT2D eigenvalue weighted by Gasteiger charge is 2.68. The molecule has 5 aliphatic rings. The van der Waals surface area contributed by atoms with Gasteiger partial charge in [0.15, 0.2) is 0 Å². The highest BCUT2D eigenvalue weighted by Crippen LogP contribution is 2.69. The van der Waals surface area contributed by atoms with Crippen LogP contribution in [0.2, 0.25) is 5.82 Å². The molecule has 2 aliphatic carbocycles. The van der Waals surface area contributed by atoms with Crippen LogP contribution in [0.1, 0.15) is 76.1 Å². The summed E-state index contributed by atoms with van der Waals surface area (Å²) < 4.78 is 2.67. The van der Waals surface area contributed by atoms with Gasteiger partial charge in [-0.3, -0.25) is 0 Å². The zero-order valence-corrected chi connectivity index (χ0v) is 31.1. The summed E-state index contributed by atoms with van der Waals surface area (Å²) in [5.74, 6) is 0.391. The van der Waals surface area contributed by atoms with E-state index in [4.69, 9.17) is 0 Å². The maximum absolute atomic E-state index is 3.04. The molecule has 0 saturated heterocycles. The van der Waals surface area contributed by atoms with Gasteiger partial charge in [0.25, 0.3) is 0 Å². The number of aromatic nitrogens is 1. The van der Waals surface area contributed by atoms with Gasteiger partial charge in [0.1, 0.15) is 0 Å². The Kier molecular flexibility index (Phi) is 5.74. The first-order valence-electron chi connectivity index (χ1n) is 19.9. The summed E-state index contributed by atoms with van der Waals surface area (Å²) in [6, 6.07) is 50.9. The summed E-state index contributed by atoms with van der Waals surface area (Å²) in [6.45, 7) is 10.7. The zero-order valence-electron chi connectivity index (χ0n) is 31.1. The van der Waals surface area contributed by atoms with E-state index in [0.717, 1.165) is 0 Å². The molecule has 1 fully saturated rings. The minimum atomic E-state index is -0.0137. The molecule has 0 amide bonds. The van der Waals surface area contributed by atoms with Crippen molar-refractivity contribution in [2.75, 3.05) is 9.80 Å². The molecule has 0 spiro atoms. The Morgan fingerprint density at radius 2 is 1.32 bits per heavy atom. The van der Waals surface area contributed by atoms with Crippen molar-refractivity contribution >= 4 is 62.2 Å².